The molecule has 2 aromatic carbocycles. The van der Waals surface area contributed by atoms with Gasteiger partial charge in [-0.15, -0.1) is 0 Å². The average molecular weight is 494 g/mol. The van der Waals surface area contributed by atoms with Gasteiger partial charge in [0.2, 0.25) is 5.91 Å². The lowest BCUT2D eigenvalue weighted by Crippen LogP contribution is -2.36. The van der Waals surface area contributed by atoms with Gasteiger partial charge in [-0.25, -0.2) is 13.6 Å². The minimum atomic E-state index is -0.780. The maximum Gasteiger partial charge on any atom is 0.407 e. The number of nitrogens with zero attached hydrogens (tertiary/aromatic N) is 1. The smallest absolute Gasteiger partial charge is 0.407 e. The Hall–Kier alpha value is -3.40. The van der Waals surface area contributed by atoms with Gasteiger partial charge in [-0.1, -0.05) is 11.6 Å². The summed E-state index contributed by atoms with van der Waals surface area (Å²) in [5.41, 5.74) is 0.326. The fraction of sp³-hybridized carbons (Fsp3) is 0.348. The molecule has 11 heteroatoms. The summed E-state index contributed by atoms with van der Waals surface area (Å²) in [5, 5.41) is 5.02. The fourth-order valence-electron chi connectivity index (χ4n) is 3.95. The molecule has 34 heavy (non-hydrogen) atoms. The molecule has 2 aliphatic heterocycles. The highest BCUT2D eigenvalue weighted by Gasteiger charge is 2.31. The third-order valence-electron chi connectivity index (χ3n) is 5.62. The zero-order chi connectivity index (χ0) is 24.2. The van der Waals surface area contributed by atoms with E-state index in [9.17, 15) is 23.2 Å². The molecule has 180 valence electrons. The van der Waals surface area contributed by atoms with Crippen molar-refractivity contribution in [2.45, 2.75) is 25.3 Å². The van der Waals surface area contributed by atoms with Gasteiger partial charge in [-0.2, -0.15) is 0 Å². The van der Waals surface area contributed by atoms with Crippen LogP contribution in [0.3, 0.4) is 0 Å². The number of amides is 3. The van der Waals surface area contributed by atoms with E-state index in [2.05, 4.69) is 10.6 Å². The Balaban J connectivity index is 1.44. The van der Waals surface area contributed by atoms with Gasteiger partial charge in [0.15, 0.2) is 0 Å². The lowest BCUT2D eigenvalue weighted by Gasteiger charge is -2.28. The van der Waals surface area contributed by atoms with E-state index in [1.165, 1.54) is 18.2 Å². The van der Waals surface area contributed by atoms with Gasteiger partial charge in [-0.3, -0.25) is 9.59 Å². The molecular weight excluding hydrogens is 472 g/mol. The maximum atomic E-state index is 14.7. The van der Waals surface area contributed by atoms with Crippen molar-refractivity contribution in [3.8, 4) is 5.75 Å². The number of carbonyl (C=O) groups excluding carboxylic acids is 3. The Kier molecular flexibility index (Phi) is 7.16. The molecule has 1 saturated heterocycles. The first kappa shape index (κ1) is 23.7. The minimum absolute atomic E-state index is 0.00456. The molecular formula is C23H22ClF2N3O5. The second kappa shape index (κ2) is 10.3. The first-order chi connectivity index (χ1) is 16.3. The Labute approximate surface area is 199 Å². The van der Waals surface area contributed by atoms with Crippen molar-refractivity contribution < 1.29 is 32.6 Å². The summed E-state index contributed by atoms with van der Waals surface area (Å²) in [7, 11) is 0. The third kappa shape index (κ3) is 5.22. The highest BCUT2D eigenvalue weighted by molar-refractivity contribution is 6.31. The number of rotatable bonds is 6. The molecule has 0 spiro atoms. The largest absolute Gasteiger partial charge is 0.492 e. The molecule has 0 bridgehead atoms. The highest BCUT2D eigenvalue weighted by atomic mass is 35.5. The van der Waals surface area contributed by atoms with Gasteiger partial charge in [0, 0.05) is 25.1 Å². The Morgan fingerprint density at radius 2 is 2.00 bits per heavy atom. The molecule has 0 radical (unpaired) electrons. The standard InChI is InChI=1S/C23H22ClF2N3O5/c24-15-12-13(3-5-16(15)25)27-22(31)14-4-6-17(26)20-18(7-10-33-21(14)20)28-23(32)34-11-9-29-8-1-2-19(29)30/h3-6,12,18H,1-2,7-11H2,(H,27,31)(H,28,32)/t18-/m0/s1. The molecule has 2 heterocycles. The predicted octanol–water partition coefficient (Wildman–Crippen LogP) is 4.04. The van der Waals surface area contributed by atoms with Crippen molar-refractivity contribution >= 4 is 35.2 Å². The quantitative estimate of drug-likeness (QED) is 0.633. The van der Waals surface area contributed by atoms with Gasteiger partial charge in [0.05, 0.1) is 35.3 Å². The molecule has 2 aromatic rings. The number of nitrogens with one attached hydrogen (secondary N) is 2. The SMILES string of the molecule is O=C(N[C@H]1CCOc2c(C(=O)Nc3ccc(F)c(Cl)c3)ccc(F)c21)OCCN1CCCC1=O. The fourth-order valence-corrected chi connectivity index (χ4v) is 4.13. The number of anilines is 1. The van der Waals surface area contributed by atoms with Crippen LogP contribution >= 0.6 is 11.6 Å². The molecule has 2 aliphatic rings. The molecule has 2 N–H and O–H groups in total. The van der Waals surface area contributed by atoms with E-state index in [1.807, 2.05) is 0 Å². The van der Waals surface area contributed by atoms with Crippen LogP contribution in [0.4, 0.5) is 19.3 Å². The summed E-state index contributed by atoms with van der Waals surface area (Å²) in [6.07, 6.45) is 0.781. The Morgan fingerprint density at radius 1 is 1.21 bits per heavy atom. The minimum Gasteiger partial charge on any atom is -0.492 e. The van der Waals surface area contributed by atoms with Gasteiger partial charge in [0.25, 0.3) is 5.91 Å². The number of halogens is 3. The highest BCUT2D eigenvalue weighted by Crippen LogP contribution is 2.37. The monoisotopic (exact) mass is 493 g/mol. The van der Waals surface area contributed by atoms with Crippen molar-refractivity contribution in [1.82, 2.24) is 10.2 Å². The zero-order valence-electron chi connectivity index (χ0n) is 18.0. The average Bonchev–Trinajstić information content (AvgIpc) is 3.21. The van der Waals surface area contributed by atoms with Crippen molar-refractivity contribution in [3.63, 3.8) is 0 Å². The summed E-state index contributed by atoms with van der Waals surface area (Å²) in [5.74, 6) is -1.86. The van der Waals surface area contributed by atoms with Crippen molar-refractivity contribution in [2.24, 2.45) is 0 Å². The molecule has 1 fully saturated rings. The number of hydrogen-bond donors (Lipinski definition) is 2. The number of fused-ring (bicyclic) bond motifs is 1. The van der Waals surface area contributed by atoms with Crippen LogP contribution in [-0.2, 0) is 9.53 Å². The topological polar surface area (TPSA) is 97.0 Å². The van der Waals surface area contributed by atoms with Crippen LogP contribution in [-0.4, -0.2) is 49.1 Å². The van der Waals surface area contributed by atoms with E-state index in [0.29, 0.717) is 19.5 Å². The van der Waals surface area contributed by atoms with Crippen molar-refractivity contribution in [2.75, 3.05) is 31.6 Å². The van der Waals surface area contributed by atoms with E-state index in [4.69, 9.17) is 21.1 Å². The molecule has 0 saturated carbocycles. The molecule has 1 atom stereocenters. The number of likely N-dealkylation sites (tertiary alicyclic amines) is 1. The maximum absolute atomic E-state index is 14.7. The number of benzene rings is 2. The van der Waals surface area contributed by atoms with Gasteiger partial charge in [0.1, 0.15) is 24.0 Å². The Bertz CT molecular complexity index is 1130. The first-order valence-corrected chi connectivity index (χ1v) is 11.1. The number of carbonyl (C=O) groups is 3. The predicted molar refractivity (Wildman–Crippen MR) is 119 cm³/mol. The zero-order valence-corrected chi connectivity index (χ0v) is 18.8. The van der Waals surface area contributed by atoms with E-state index >= 15 is 0 Å². The molecule has 0 unspecified atom stereocenters. The van der Waals surface area contributed by atoms with E-state index in [1.54, 1.807) is 4.90 Å². The third-order valence-corrected chi connectivity index (χ3v) is 5.91. The van der Waals surface area contributed by atoms with Gasteiger partial charge >= 0.3 is 6.09 Å². The lowest BCUT2D eigenvalue weighted by molar-refractivity contribution is -0.128. The van der Waals surface area contributed by atoms with Crippen LogP contribution in [0, 0.1) is 11.6 Å². The van der Waals surface area contributed by atoms with Crippen LogP contribution in [0.15, 0.2) is 30.3 Å². The normalized spacial score (nSPS) is 17.1. The van der Waals surface area contributed by atoms with Crippen LogP contribution in [0.5, 0.6) is 5.75 Å². The van der Waals surface area contributed by atoms with Crippen LogP contribution in [0.2, 0.25) is 5.02 Å². The van der Waals surface area contributed by atoms with E-state index in [-0.39, 0.29) is 53.1 Å². The number of alkyl carbamates (subject to hydrolysis) is 1. The van der Waals surface area contributed by atoms with E-state index in [0.717, 1.165) is 18.6 Å². The molecule has 0 aliphatic carbocycles. The molecule has 0 aromatic heterocycles. The number of hydrogen-bond acceptors (Lipinski definition) is 5. The second-order valence-corrected chi connectivity index (χ2v) is 8.28. The summed E-state index contributed by atoms with van der Waals surface area (Å²) in [6.45, 7) is 1.07. The lowest BCUT2D eigenvalue weighted by atomic mass is 9.96. The van der Waals surface area contributed by atoms with Crippen LogP contribution in [0.1, 0.15) is 41.2 Å². The summed E-state index contributed by atoms with van der Waals surface area (Å²) in [6, 6.07) is 5.30. The summed E-state index contributed by atoms with van der Waals surface area (Å²) < 4.78 is 38.9. The van der Waals surface area contributed by atoms with Crippen LogP contribution in [0.25, 0.3) is 0 Å². The molecule has 4 rings (SSSR count). The molecule has 3 amide bonds. The summed E-state index contributed by atoms with van der Waals surface area (Å²) in [4.78, 5) is 38.4. The summed E-state index contributed by atoms with van der Waals surface area (Å²) >= 11 is 5.76. The first-order valence-electron chi connectivity index (χ1n) is 10.8. The van der Waals surface area contributed by atoms with E-state index < -0.39 is 29.7 Å². The van der Waals surface area contributed by atoms with Gasteiger partial charge in [-0.05, 0) is 36.8 Å². The number of ether oxygens (including phenoxy) is 2. The van der Waals surface area contributed by atoms with Gasteiger partial charge < -0.3 is 25.0 Å². The second-order valence-electron chi connectivity index (χ2n) is 7.88. The van der Waals surface area contributed by atoms with Crippen molar-refractivity contribution in [3.05, 3.63) is 58.1 Å². The van der Waals surface area contributed by atoms with Crippen molar-refractivity contribution in [1.29, 1.82) is 0 Å². The molecule has 8 nitrogen and oxygen atoms in total. The van der Waals surface area contributed by atoms with Crippen LogP contribution < -0.4 is 15.4 Å². The Morgan fingerprint density at radius 3 is 2.74 bits per heavy atom.